The van der Waals surface area contributed by atoms with Crippen LogP contribution in [0.25, 0.3) is 16.5 Å². The number of hydrogen-bond donors (Lipinski definition) is 1. The van der Waals surface area contributed by atoms with E-state index in [4.69, 9.17) is 9.78 Å². The Hall–Kier alpha value is -2.12. The molecule has 1 aliphatic rings. The minimum absolute atomic E-state index is 0.459. The van der Waals surface area contributed by atoms with E-state index in [1.54, 1.807) is 6.07 Å². The molecule has 3 rings (SSSR count). The maximum atomic E-state index is 9.02. The maximum absolute atomic E-state index is 9.02. The fraction of sp³-hybridized carbons (Fsp3) is 0.375. The summed E-state index contributed by atoms with van der Waals surface area (Å²) in [5, 5.41) is 17.7. The van der Waals surface area contributed by atoms with Crippen LogP contribution < -0.4 is 5.32 Å². The van der Waals surface area contributed by atoms with E-state index in [1.807, 2.05) is 12.1 Å². The van der Waals surface area contributed by atoms with Gasteiger partial charge < -0.3 is 9.84 Å². The number of nitrogens with one attached hydrogen (secondary N) is 1. The lowest BCUT2D eigenvalue weighted by atomic mass is 9.91. The standard InChI is InChI=1S/C16H17N3O/c1-10(2)14-8-12(5-6-18-14)16-13-7-11(9-17)3-4-15(13)20-19-16/h3-5,7,10,14,18H,6,8H2,1-2H3. The van der Waals surface area contributed by atoms with Crippen molar-refractivity contribution in [1.82, 2.24) is 10.5 Å². The van der Waals surface area contributed by atoms with Crippen molar-refractivity contribution >= 4 is 16.5 Å². The number of benzene rings is 1. The van der Waals surface area contributed by atoms with Crippen molar-refractivity contribution in [2.45, 2.75) is 26.3 Å². The van der Waals surface area contributed by atoms with E-state index >= 15 is 0 Å². The third-order valence-corrected chi connectivity index (χ3v) is 3.88. The van der Waals surface area contributed by atoms with Crippen LogP contribution in [0.5, 0.6) is 0 Å². The van der Waals surface area contributed by atoms with Crippen LogP contribution in [0.15, 0.2) is 28.8 Å². The number of rotatable bonds is 2. The largest absolute Gasteiger partial charge is 0.356 e. The van der Waals surface area contributed by atoms with Crippen LogP contribution in [0, 0.1) is 17.2 Å². The fourth-order valence-corrected chi connectivity index (χ4v) is 2.63. The summed E-state index contributed by atoms with van der Waals surface area (Å²) in [7, 11) is 0. The molecule has 0 amide bonds. The molecule has 0 saturated carbocycles. The molecule has 102 valence electrons. The van der Waals surface area contributed by atoms with Gasteiger partial charge in [0.15, 0.2) is 5.58 Å². The summed E-state index contributed by atoms with van der Waals surface area (Å²) in [6.07, 6.45) is 3.10. The molecule has 0 spiro atoms. The van der Waals surface area contributed by atoms with Crippen molar-refractivity contribution < 1.29 is 4.52 Å². The Morgan fingerprint density at radius 1 is 1.45 bits per heavy atom. The van der Waals surface area contributed by atoms with Gasteiger partial charge in [-0.25, -0.2) is 0 Å². The second-order valence-electron chi connectivity index (χ2n) is 5.55. The minimum Gasteiger partial charge on any atom is -0.356 e. The van der Waals surface area contributed by atoms with Crippen LogP contribution in [0.1, 0.15) is 31.5 Å². The highest BCUT2D eigenvalue weighted by Gasteiger charge is 2.22. The molecule has 2 aromatic rings. The zero-order chi connectivity index (χ0) is 14.1. The molecule has 1 unspecified atom stereocenters. The first-order valence-corrected chi connectivity index (χ1v) is 6.91. The van der Waals surface area contributed by atoms with Crippen LogP contribution >= 0.6 is 0 Å². The van der Waals surface area contributed by atoms with Crippen molar-refractivity contribution in [3.8, 4) is 6.07 Å². The quantitative estimate of drug-likeness (QED) is 0.908. The molecule has 1 aliphatic heterocycles. The highest BCUT2D eigenvalue weighted by molar-refractivity contribution is 5.90. The first-order valence-electron chi connectivity index (χ1n) is 6.91. The van der Waals surface area contributed by atoms with Crippen LogP contribution in [0.3, 0.4) is 0 Å². The second-order valence-corrected chi connectivity index (χ2v) is 5.55. The predicted octanol–water partition coefficient (Wildman–Crippen LogP) is 3.10. The predicted molar refractivity (Wildman–Crippen MR) is 77.9 cm³/mol. The molecule has 1 aromatic heterocycles. The van der Waals surface area contributed by atoms with E-state index in [0.717, 1.165) is 29.6 Å². The molecule has 0 bridgehead atoms. The lowest BCUT2D eigenvalue weighted by Crippen LogP contribution is -2.37. The average molecular weight is 267 g/mol. The molecule has 20 heavy (non-hydrogen) atoms. The first-order chi connectivity index (χ1) is 9.69. The summed E-state index contributed by atoms with van der Waals surface area (Å²) in [5.74, 6) is 0.575. The monoisotopic (exact) mass is 267 g/mol. The van der Waals surface area contributed by atoms with Crippen molar-refractivity contribution in [3.63, 3.8) is 0 Å². The van der Waals surface area contributed by atoms with Gasteiger partial charge in [-0.05, 0) is 36.1 Å². The molecule has 4 heteroatoms. The molecule has 0 radical (unpaired) electrons. The molecular formula is C16H17N3O. The number of nitriles is 1. The van der Waals surface area contributed by atoms with Gasteiger partial charge in [-0.2, -0.15) is 5.26 Å². The third-order valence-electron chi connectivity index (χ3n) is 3.88. The highest BCUT2D eigenvalue weighted by atomic mass is 16.5. The van der Waals surface area contributed by atoms with Gasteiger partial charge in [0.05, 0.1) is 17.0 Å². The number of hydrogen-bond acceptors (Lipinski definition) is 4. The summed E-state index contributed by atoms with van der Waals surface area (Å²) in [4.78, 5) is 0. The Bertz CT molecular complexity index is 706. The molecule has 0 aliphatic carbocycles. The summed E-state index contributed by atoms with van der Waals surface area (Å²) >= 11 is 0. The fourth-order valence-electron chi connectivity index (χ4n) is 2.63. The second kappa shape index (κ2) is 5.10. The Morgan fingerprint density at radius 3 is 3.05 bits per heavy atom. The summed E-state index contributed by atoms with van der Waals surface area (Å²) in [6, 6.07) is 8.05. The molecule has 1 aromatic carbocycles. The Balaban J connectivity index is 2.02. The van der Waals surface area contributed by atoms with Gasteiger partial charge >= 0.3 is 0 Å². The van der Waals surface area contributed by atoms with Gasteiger partial charge in [-0.15, -0.1) is 0 Å². The molecular weight excluding hydrogens is 250 g/mol. The molecule has 1 atom stereocenters. The van der Waals surface area contributed by atoms with Gasteiger partial charge in [0.2, 0.25) is 0 Å². The molecule has 0 fully saturated rings. The van der Waals surface area contributed by atoms with Crippen LogP contribution in [-0.4, -0.2) is 17.7 Å². The van der Waals surface area contributed by atoms with Crippen molar-refractivity contribution in [3.05, 3.63) is 35.5 Å². The van der Waals surface area contributed by atoms with Gasteiger partial charge in [0.25, 0.3) is 0 Å². The number of nitrogens with zero attached hydrogens (tertiary/aromatic N) is 2. The topological polar surface area (TPSA) is 61.9 Å². The maximum Gasteiger partial charge on any atom is 0.167 e. The van der Waals surface area contributed by atoms with Crippen molar-refractivity contribution in [2.24, 2.45) is 5.92 Å². The van der Waals surface area contributed by atoms with E-state index < -0.39 is 0 Å². The van der Waals surface area contributed by atoms with Gasteiger partial charge in [0, 0.05) is 12.6 Å². The van der Waals surface area contributed by atoms with E-state index in [0.29, 0.717) is 17.5 Å². The summed E-state index contributed by atoms with van der Waals surface area (Å²) in [6.45, 7) is 5.29. The van der Waals surface area contributed by atoms with Crippen LogP contribution in [-0.2, 0) is 0 Å². The normalized spacial score (nSPS) is 19.1. The van der Waals surface area contributed by atoms with E-state index in [2.05, 4.69) is 36.5 Å². The van der Waals surface area contributed by atoms with Gasteiger partial charge in [-0.3, -0.25) is 0 Å². The smallest absolute Gasteiger partial charge is 0.167 e. The Kier molecular flexibility index (Phi) is 3.29. The zero-order valence-electron chi connectivity index (χ0n) is 11.7. The molecule has 0 saturated heterocycles. The van der Waals surface area contributed by atoms with Crippen molar-refractivity contribution in [2.75, 3.05) is 6.54 Å². The van der Waals surface area contributed by atoms with E-state index in [9.17, 15) is 0 Å². The van der Waals surface area contributed by atoms with E-state index in [-0.39, 0.29) is 0 Å². The number of aromatic nitrogens is 1. The summed E-state index contributed by atoms with van der Waals surface area (Å²) < 4.78 is 5.38. The van der Waals surface area contributed by atoms with Gasteiger partial charge in [0.1, 0.15) is 5.69 Å². The summed E-state index contributed by atoms with van der Waals surface area (Å²) in [5.41, 5.74) is 3.46. The lowest BCUT2D eigenvalue weighted by molar-refractivity contribution is 0.409. The minimum atomic E-state index is 0.459. The lowest BCUT2D eigenvalue weighted by Gasteiger charge is -2.26. The molecule has 1 N–H and O–H groups in total. The highest BCUT2D eigenvalue weighted by Crippen LogP contribution is 2.30. The molecule has 4 nitrogen and oxygen atoms in total. The SMILES string of the molecule is CC(C)C1CC(c2noc3ccc(C#N)cc23)=CCN1. The van der Waals surface area contributed by atoms with Crippen LogP contribution in [0.4, 0.5) is 0 Å². The van der Waals surface area contributed by atoms with Gasteiger partial charge in [-0.1, -0.05) is 25.1 Å². The first kappa shape index (κ1) is 12.9. The van der Waals surface area contributed by atoms with E-state index in [1.165, 1.54) is 5.57 Å². The molecule has 2 heterocycles. The Labute approximate surface area is 118 Å². The third kappa shape index (κ3) is 2.21. The Morgan fingerprint density at radius 2 is 2.30 bits per heavy atom. The number of fused-ring (bicyclic) bond motifs is 1. The zero-order valence-corrected chi connectivity index (χ0v) is 11.7. The van der Waals surface area contributed by atoms with Crippen LogP contribution in [0.2, 0.25) is 0 Å². The van der Waals surface area contributed by atoms with Crippen molar-refractivity contribution in [1.29, 1.82) is 5.26 Å². The average Bonchev–Trinajstić information content (AvgIpc) is 2.90.